The van der Waals surface area contributed by atoms with Crippen LogP contribution in [0.15, 0.2) is 12.3 Å². The molecule has 0 radical (unpaired) electrons. The minimum Gasteiger partial charge on any atom is -0.350 e. The third kappa shape index (κ3) is 2.32. The molecule has 1 aromatic heterocycles. The van der Waals surface area contributed by atoms with Gasteiger partial charge in [-0.15, -0.1) is 0 Å². The standard InChI is InChI=1S/C14H24N2/c1-11-9-14(16(10-11)8-7-15)13-6-4-3-5-12(13)2/h9-10,12-13H,3-8,15H2,1-2H3. The van der Waals surface area contributed by atoms with Crippen molar-refractivity contribution in [2.24, 2.45) is 11.7 Å². The van der Waals surface area contributed by atoms with Crippen molar-refractivity contribution >= 4 is 0 Å². The highest BCUT2D eigenvalue weighted by Gasteiger charge is 2.25. The van der Waals surface area contributed by atoms with Crippen molar-refractivity contribution in [3.05, 3.63) is 23.5 Å². The third-order valence-electron chi connectivity index (χ3n) is 3.93. The lowest BCUT2D eigenvalue weighted by molar-refractivity contribution is 0.318. The fourth-order valence-corrected chi connectivity index (χ4v) is 3.08. The Labute approximate surface area is 98.8 Å². The van der Waals surface area contributed by atoms with Crippen molar-refractivity contribution < 1.29 is 0 Å². The van der Waals surface area contributed by atoms with Gasteiger partial charge in [0, 0.05) is 30.9 Å². The van der Waals surface area contributed by atoms with Gasteiger partial charge in [-0.1, -0.05) is 26.2 Å². The quantitative estimate of drug-likeness (QED) is 0.834. The molecule has 2 unspecified atom stereocenters. The van der Waals surface area contributed by atoms with Crippen molar-refractivity contribution in [2.45, 2.75) is 52.0 Å². The van der Waals surface area contributed by atoms with E-state index in [2.05, 4.69) is 30.7 Å². The third-order valence-corrected chi connectivity index (χ3v) is 3.93. The van der Waals surface area contributed by atoms with Gasteiger partial charge in [0.2, 0.25) is 0 Å². The molecule has 2 atom stereocenters. The number of nitrogens with zero attached hydrogens (tertiary/aromatic N) is 1. The van der Waals surface area contributed by atoms with Crippen LogP contribution in [0.25, 0.3) is 0 Å². The van der Waals surface area contributed by atoms with Crippen molar-refractivity contribution in [3.63, 3.8) is 0 Å². The summed E-state index contributed by atoms with van der Waals surface area (Å²) in [4.78, 5) is 0. The molecule has 16 heavy (non-hydrogen) atoms. The van der Waals surface area contributed by atoms with Gasteiger partial charge < -0.3 is 10.3 Å². The second kappa shape index (κ2) is 5.05. The zero-order valence-corrected chi connectivity index (χ0v) is 10.6. The average Bonchev–Trinajstić information content (AvgIpc) is 2.61. The highest BCUT2D eigenvalue weighted by atomic mass is 15.0. The van der Waals surface area contributed by atoms with Crippen LogP contribution in [0.2, 0.25) is 0 Å². The van der Waals surface area contributed by atoms with Crippen molar-refractivity contribution in [2.75, 3.05) is 6.54 Å². The minimum atomic E-state index is 0.738. The Morgan fingerprint density at radius 2 is 2.12 bits per heavy atom. The summed E-state index contributed by atoms with van der Waals surface area (Å²) in [5.74, 6) is 1.59. The first-order valence-electron chi connectivity index (χ1n) is 6.59. The molecule has 2 rings (SSSR count). The molecule has 1 saturated carbocycles. The van der Waals surface area contributed by atoms with E-state index in [1.54, 1.807) is 0 Å². The van der Waals surface area contributed by atoms with E-state index >= 15 is 0 Å². The fourth-order valence-electron chi connectivity index (χ4n) is 3.08. The second-order valence-corrected chi connectivity index (χ2v) is 5.29. The lowest BCUT2D eigenvalue weighted by Gasteiger charge is -2.29. The molecule has 1 aromatic rings. The number of hydrogen-bond donors (Lipinski definition) is 1. The summed E-state index contributed by atoms with van der Waals surface area (Å²) >= 11 is 0. The number of aromatic nitrogens is 1. The van der Waals surface area contributed by atoms with Crippen LogP contribution in [0.3, 0.4) is 0 Å². The zero-order chi connectivity index (χ0) is 11.5. The molecule has 0 aromatic carbocycles. The monoisotopic (exact) mass is 220 g/mol. The molecule has 1 aliphatic carbocycles. The van der Waals surface area contributed by atoms with Crippen LogP contribution in [0.1, 0.15) is 49.8 Å². The van der Waals surface area contributed by atoms with Gasteiger partial charge in [0.25, 0.3) is 0 Å². The van der Waals surface area contributed by atoms with E-state index in [0.29, 0.717) is 0 Å². The molecular weight excluding hydrogens is 196 g/mol. The summed E-state index contributed by atoms with van der Waals surface area (Å²) in [6.45, 7) is 6.29. The summed E-state index contributed by atoms with van der Waals surface area (Å²) in [6, 6.07) is 2.36. The smallest absolute Gasteiger partial charge is 0.0345 e. The summed E-state index contributed by atoms with van der Waals surface area (Å²) in [5, 5.41) is 0. The van der Waals surface area contributed by atoms with E-state index in [0.717, 1.165) is 24.9 Å². The molecule has 1 fully saturated rings. The van der Waals surface area contributed by atoms with Gasteiger partial charge in [-0.3, -0.25) is 0 Å². The summed E-state index contributed by atoms with van der Waals surface area (Å²) in [7, 11) is 0. The van der Waals surface area contributed by atoms with Crippen LogP contribution in [0.4, 0.5) is 0 Å². The van der Waals surface area contributed by atoms with E-state index in [9.17, 15) is 0 Å². The lowest BCUT2D eigenvalue weighted by atomic mass is 9.78. The van der Waals surface area contributed by atoms with E-state index in [1.165, 1.54) is 36.9 Å². The van der Waals surface area contributed by atoms with Gasteiger partial charge >= 0.3 is 0 Å². The number of rotatable bonds is 3. The Morgan fingerprint density at radius 3 is 2.81 bits per heavy atom. The molecule has 1 heterocycles. The first kappa shape index (κ1) is 11.7. The molecular formula is C14H24N2. The molecule has 0 aliphatic heterocycles. The van der Waals surface area contributed by atoms with Crippen molar-refractivity contribution in [1.82, 2.24) is 4.57 Å². The van der Waals surface area contributed by atoms with E-state index in [4.69, 9.17) is 5.73 Å². The fraction of sp³-hybridized carbons (Fsp3) is 0.714. The van der Waals surface area contributed by atoms with Crippen molar-refractivity contribution in [3.8, 4) is 0 Å². The number of aryl methyl sites for hydroxylation is 1. The maximum atomic E-state index is 5.68. The molecule has 1 aliphatic rings. The van der Waals surface area contributed by atoms with Crippen LogP contribution in [-0.2, 0) is 6.54 Å². The molecule has 0 amide bonds. The van der Waals surface area contributed by atoms with E-state index in [1.807, 2.05) is 0 Å². The van der Waals surface area contributed by atoms with Gasteiger partial charge in [0.15, 0.2) is 0 Å². The topological polar surface area (TPSA) is 30.9 Å². The number of nitrogens with two attached hydrogens (primary N) is 1. The summed E-state index contributed by atoms with van der Waals surface area (Å²) < 4.78 is 2.38. The highest BCUT2D eigenvalue weighted by molar-refractivity contribution is 5.22. The Kier molecular flexibility index (Phi) is 3.70. The molecule has 0 saturated heterocycles. The van der Waals surface area contributed by atoms with Gasteiger partial charge in [-0.25, -0.2) is 0 Å². The van der Waals surface area contributed by atoms with Crippen LogP contribution >= 0.6 is 0 Å². The second-order valence-electron chi connectivity index (χ2n) is 5.29. The molecule has 2 N–H and O–H groups in total. The van der Waals surface area contributed by atoms with Crippen LogP contribution < -0.4 is 5.73 Å². The Bertz CT molecular complexity index is 341. The predicted molar refractivity (Wildman–Crippen MR) is 68.6 cm³/mol. The van der Waals surface area contributed by atoms with E-state index in [-0.39, 0.29) is 0 Å². The average molecular weight is 220 g/mol. The Balaban J connectivity index is 2.23. The van der Waals surface area contributed by atoms with Gasteiger partial charge in [0.1, 0.15) is 0 Å². The maximum absolute atomic E-state index is 5.68. The van der Waals surface area contributed by atoms with Crippen LogP contribution in [0, 0.1) is 12.8 Å². The first-order chi connectivity index (χ1) is 7.72. The summed E-state index contributed by atoms with van der Waals surface area (Å²) in [5.41, 5.74) is 8.58. The highest BCUT2D eigenvalue weighted by Crippen LogP contribution is 2.37. The zero-order valence-electron chi connectivity index (χ0n) is 10.6. The maximum Gasteiger partial charge on any atom is 0.0345 e. The summed E-state index contributed by atoms with van der Waals surface area (Å²) in [6.07, 6.45) is 7.80. The lowest BCUT2D eigenvalue weighted by Crippen LogP contribution is -2.20. The normalized spacial score (nSPS) is 25.9. The minimum absolute atomic E-state index is 0.738. The Morgan fingerprint density at radius 1 is 1.38 bits per heavy atom. The van der Waals surface area contributed by atoms with Gasteiger partial charge in [-0.2, -0.15) is 0 Å². The molecule has 90 valence electrons. The Hall–Kier alpha value is -0.760. The molecule has 0 bridgehead atoms. The van der Waals surface area contributed by atoms with E-state index < -0.39 is 0 Å². The largest absolute Gasteiger partial charge is 0.350 e. The van der Waals surface area contributed by atoms with Crippen LogP contribution in [0.5, 0.6) is 0 Å². The predicted octanol–water partition coefficient (Wildman–Crippen LogP) is 3.05. The number of hydrogen-bond acceptors (Lipinski definition) is 1. The van der Waals surface area contributed by atoms with Crippen molar-refractivity contribution in [1.29, 1.82) is 0 Å². The SMILES string of the molecule is Cc1cc(C2CCCCC2C)n(CCN)c1. The molecule has 0 spiro atoms. The molecule has 2 heteroatoms. The van der Waals surface area contributed by atoms with Gasteiger partial charge in [0.05, 0.1) is 0 Å². The van der Waals surface area contributed by atoms with Gasteiger partial charge in [-0.05, 0) is 30.9 Å². The molecule has 2 nitrogen and oxygen atoms in total. The van der Waals surface area contributed by atoms with Crippen LogP contribution in [-0.4, -0.2) is 11.1 Å². The first-order valence-corrected chi connectivity index (χ1v) is 6.59.